The van der Waals surface area contributed by atoms with Gasteiger partial charge in [-0.2, -0.15) is 0 Å². The minimum absolute atomic E-state index is 0.696. The molecular weight excluding hydrogens is 268 g/mol. The highest BCUT2D eigenvalue weighted by Gasteiger charge is 2.15. The second-order valence-corrected chi connectivity index (χ2v) is 7.25. The van der Waals surface area contributed by atoms with E-state index in [9.17, 15) is 0 Å². The lowest BCUT2D eigenvalue weighted by molar-refractivity contribution is 0.138. The van der Waals surface area contributed by atoms with Crippen molar-refractivity contribution in [1.82, 2.24) is 9.80 Å². The number of piperazine rings is 1. The predicted molar refractivity (Wildman–Crippen MR) is 99.0 cm³/mol. The third kappa shape index (κ3) is 7.31. The molecule has 1 saturated heterocycles. The van der Waals surface area contributed by atoms with Crippen molar-refractivity contribution in [3.8, 4) is 0 Å². The summed E-state index contributed by atoms with van der Waals surface area (Å²) in [5.41, 5.74) is 3.09. The first kappa shape index (κ1) is 19.0. The van der Waals surface area contributed by atoms with Gasteiger partial charge in [-0.25, -0.2) is 0 Å². The average molecular weight is 305 g/mol. The van der Waals surface area contributed by atoms with Crippen LogP contribution in [0.5, 0.6) is 0 Å². The molecule has 0 unspecified atom stereocenters. The Balaban J connectivity index is 0.000000220. The standard InChI is InChI=1S/C11H18.C9H18N2/c1-9(2)7-11-6-4-5-10(3)8-11;1-4-10-5-7-11(8-6-10)9(2)3/h6,8-9H,4-5,7H2,1-3H3;4,9H,1,5-8H2,2-3H3. The molecule has 126 valence electrons. The molecular formula is C20H36N2. The highest BCUT2D eigenvalue weighted by atomic mass is 15.3. The first-order chi connectivity index (χ1) is 10.4. The van der Waals surface area contributed by atoms with E-state index in [1.807, 2.05) is 6.20 Å². The van der Waals surface area contributed by atoms with Gasteiger partial charge in [0.15, 0.2) is 0 Å². The molecule has 0 aromatic heterocycles. The summed E-state index contributed by atoms with van der Waals surface area (Å²) in [5.74, 6) is 0.795. The molecule has 0 atom stereocenters. The molecule has 0 radical (unpaired) electrons. The Morgan fingerprint density at radius 2 is 1.77 bits per heavy atom. The molecule has 0 bridgehead atoms. The van der Waals surface area contributed by atoms with Gasteiger partial charge in [0, 0.05) is 32.2 Å². The van der Waals surface area contributed by atoms with Gasteiger partial charge in [0.25, 0.3) is 0 Å². The van der Waals surface area contributed by atoms with E-state index in [0.717, 1.165) is 19.0 Å². The third-order valence-electron chi connectivity index (χ3n) is 4.36. The van der Waals surface area contributed by atoms with Gasteiger partial charge in [-0.15, -0.1) is 0 Å². The van der Waals surface area contributed by atoms with Gasteiger partial charge in [-0.1, -0.05) is 43.7 Å². The minimum atomic E-state index is 0.696. The Morgan fingerprint density at radius 1 is 1.14 bits per heavy atom. The summed E-state index contributed by atoms with van der Waals surface area (Å²) in [4.78, 5) is 4.78. The second-order valence-electron chi connectivity index (χ2n) is 7.25. The van der Waals surface area contributed by atoms with Gasteiger partial charge in [0.2, 0.25) is 0 Å². The van der Waals surface area contributed by atoms with Crippen LogP contribution in [0.3, 0.4) is 0 Å². The maximum atomic E-state index is 3.76. The van der Waals surface area contributed by atoms with E-state index in [4.69, 9.17) is 0 Å². The van der Waals surface area contributed by atoms with Crippen LogP contribution >= 0.6 is 0 Å². The van der Waals surface area contributed by atoms with E-state index in [1.54, 1.807) is 11.1 Å². The molecule has 1 fully saturated rings. The van der Waals surface area contributed by atoms with Crippen LogP contribution in [0.1, 0.15) is 53.9 Å². The summed E-state index contributed by atoms with van der Waals surface area (Å²) < 4.78 is 0. The molecule has 0 amide bonds. The van der Waals surface area contributed by atoms with E-state index in [1.165, 1.54) is 32.4 Å². The van der Waals surface area contributed by atoms with Gasteiger partial charge in [-0.05, 0) is 52.2 Å². The fraction of sp³-hybridized carbons (Fsp3) is 0.700. The Hall–Kier alpha value is -1.02. The lowest BCUT2D eigenvalue weighted by Crippen LogP contribution is -2.46. The summed E-state index contributed by atoms with van der Waals surface area (Å²) in [7, 11) is 0. The molecule has 2 heteroatoms. The van der Waals surface area contributed by atoms with Crippen LogP contribution in [-0.2, 0) is 0 Å². The normalized spacial score (nSPS) is 19.5. The zero-order chi connectivity index (χ0) is 16.5. The summed E-state index contributed by atoms with van der Waals surface area (Å²) in [5, 5.41) is 0. The molecule has 0 saturated carbocycles. The van der Waals surface area contributed by atoms with Gasteiger partial charge in [0.1, 0.15) is 0 Å². The zero-order valence-corrected chi connectivity index (χ0v) is 15.4. The summed E-state index contributed by atoms with van der Waals surface area (Å²) in [6.07, 6.45) is 10.4. The minimum Gasteiger partial charge on any atom is -0.375 e. The fourth-order valence-corrected chi connectivity index (χ4v) is 2.98. The molecule has 0 aromatic rings. The van der Waals surface area contributed by atoms with Crippen LogP contribution in [0.15, 0.2) is 36.1 Å². The Bertz CT molecular complexity index is 383. The molecule has 0 N–H and O–H groups in total. The molecule has 22 heavy (non-hydrogen) atoms. The van der Waals surface area contributed by atoms with Crippen molar-refractivity contribution < 1.29 is 0 Å². The fourth-order valence-electron chi connectivity index (χ4n) is 2.98. The van der Waals surface area contributed by atoms with Crippen LogP contribution in [0.4, 0.5) is 0 Å². The number of hydrogen-bond acceptors (Lipinski definition) is 2. The average Bonchev–Trinajstić information content (AvgIpc) is 2.47. The van der Waals surface area contributed by atoms with Crippen LogP contribution in [0.2, 0.25) is 0 Å². The Labute approximate surface area is 138 Å². The molecule has 1 aliphatic carbocycles. The quantitative estimate of drug-likeness (QED) is 0.732. The van der Waals surface area contributed by atoms with E-state index in [0.29, 0.717) is 6.04 Å². The first-order valence-electron chi connectivity index (χ1n) is 8.89. The number of allylic oxidation sites excluding steroid dienone is 4. The van der Waals surface area contributed by atoms with Crippen LogP contribution in [0, 0.1) is 5.92 Å². The highest BCUT2D eigenvalue weighted by Crippen LogP contribution is 2.21. The summed E-state index contributed by atoms with van der Waals surface area (Å²) in [6, 6.07) is 0.696. The topological polar surface area (TPSA) is 6.48 Å². The molecule has 1 heterocycles. The van der Waals surface area contributed by atoms with Crippen LogP contribution < -0.4 is 0 Å². The smallest absolute Gasteiger partial charge is 0.0300 e. The van der Waals surface area contributed by atoms with Crippen molar-refractivity contribution >= 4 is 0 Å². The van der Waals surface area contributed by atoms with Gasteiger partial charge >= 0.3 is 0 Å². The van der Waals surface area contributed by atoms with E-state index in [2.05, 4.69) is 63.1 Å². The van der Waals surface area contributed by atoms with Gasteiger partial charge in [0.05, 0.1) is 0 Å². The maximum Gasteiger partial charge on any atom is 0.0300 e. The van der Waals surface area contributed by atoms with Crippen molar-refractivity contribution in [1.29, 1.82) is 0 Å². The largest absolute Gasteiger partial charge is 0.375 e. The second kappa shape index (κ2) is 9.89. The van der Waals surface area contributed by atoms with Crippen LogP contribution in [0.25, 0.3) is 0 Å². The predicted octanol–water partition coefficient (Wildman–Crippen LogP) is 4.85. The number of hydrogen-bond donors (Lipinski definition) is 0. The first-order valence-corrected chi connectivity index (χ1v) is 8.89. The van der Waals surface area contributed by atoms with E-state index >= 15 is 0 Å². The molecule has 2 nitrogen and oxygen atoms in total. The monoisotopic (exact) mass is 304 g/mol. The summed E-state index contributed by atoms with van der Waals surface area (Å²) in [6.45, 7) is 19.7. The van der Waals surface area contributed by atoms with Crippen molar-refractivity contribution in [3.05, 3.63) is 36.1 Å². The lowest BCUT2D eigenvalue weighted by atomic mass is 9.94. The highest BCUT2D eigenvalue weighted by molar-refractivity contribution is 5.26. The van der Waals surface area contributed by atoms with Crippen molar-refractivity contribution in [2.45, 2.75) is 59.9 Å². The molecule has 0 spiro atoms. The third-order valence-corrected chi connectivity index (χ3v) is 4.36. The van der Waals surface area contributed by atoms with Gasteiger partial charge in [-0.3, -0.25) is 4.90 Å². The van der Waals surface area contributed by atoms with Crippen LogP contribution in [-0.4, -0.2) is 42.0 Å². The van der Waals surface area contributed by atoms with Crippen molar-refractivity contribution in [3.63, 3.8) is 0 Å². The molecule has 1 aliphatic heterocycles. The zero-order valence-electron chi connectivity index (χ0n) is 15.4. The number of nitrogens with zero attached hydrogens (tertiary/aromatic N) is 2. The van der Waals surface area contributed by atoms with Crippen molar-refractivity contribution in [2.75, 3.05) is 26.2 Å². The SMILES string of the molecule is C=CN1CCN(C(C)C)CC1.CC1=CC(CC(C)C)=CCC1. The van der Waals surface area contributed by atoms with E-state index in [-0.39, 0.29) is 0 Å². The van der Waals surface area contributed by atoms with E-state index < -0.39 is 0 Å². The maximum absolute atomic E-state index is 3.76. The van der Waals surface area contributed by atoms with Crippen molar-refractivity contribution in [2.24, 2.45) is 5.92 Å². The summed E-state index contributed by atoms with van der Waals surface area (Å²) >= 11 is 0. The molecule has 2 aliphatic rings. The van der Waals surface area contributed by atoms with Gasteiger partial charge < -0.3 is 4.90 Å². The molecule has 0 aromatic carbocycles. The molecule has 2 rings (SSSR count). The number of rotatable bonds is 4. The lowest BCUT2D eigenvalue weighted by Gasteiger charge is -2.36. The Morgan fingerprint density at radius 3 is 2.23 bits per heavy atom. The Kier molecular flexibility index (Phi) is 8.55.